The first-order valence-corrected chi connectivity index (χ1v) is 7.00. The van der Waals surface area contributed by atoms with E-state index in [0.717, 1.165) is 13.0 Å². The normalized spacial score (nSPS) is 21.1. The molecule has 1 rings (SSSR count). The van der Waals surface area contributed by atoms with E-state index in [1.807, 2.05) is 14.0 Å². The number of nitrogens with one attached hydrogen (secondary N) is 1. The Balaban J connectivity index is 2.79. The van der Waals surface area contributed by atoms with Crippen LogP contribution in [0.1, 0.15) is 58.8 Å². The minimum Gasteiger partial charge on any atom is -0.374 e. The maximum Gasteiger partial charge on any atom is 0.0843 e. The van der Waals surface area contributed by atoms with Gasteiger partial charge in [0, 0.05) is 19.1 Å². The van der Waals surface area contributed by atoms with Crippen LogP contribution < -0.4 is 5.32 Å². The van der Waals surface area contributed by atoms with Gasteiger partial charge in [0.2, 0.25) is 0 Å². The summed E-state index contributed by atoms with van der Waals surface area (Å²) in [6, 6.07) is 0.369. The highest BCUT2D eigenvalue weighted by atomic mass is 16.5. The zero-order chi connectivity index (χ0) is 12.6. The molecule has 1 atom stereocenters. The van der Waals surface area contributed by atoms with Gasteiger partial charge in [0.05, 0.1) is 5.60 Å². The number of likely N-dealkylation sites (N-methyl/N-ethyl adjacent to an activating group) is 1. The van der Waals surface area contributed by atoms with Crippen LogP contribution in [0.3, 0.4) is 0 Å². The van der Waals surface area contributed by atoms with Crippen LogP contribution in [0.2, 0.25) is 0 Å². The monoisotopic (exact) mass is 237 g/mol. The lowest BCUT2D eigenvalue weighted by molar-refractivity contribution is -0.0742. The molecule has 1 fully saturated rings. The Bertz CT molecular complexity index is 256. The third-order valence-electron chi connectivity index (χ3n) is 3.85. The van der Waals surface area contributed by atoms with Crippen LogP contribution in [-0.4, -0.2) is 25.3 Å². The molecule has 0 spiro atoms. The van der Waals surface area contributed by atoms with Gasteiger partial charge in [-0.25, -0.2) is 0 Å². The Morgan fingerprint density at radius 3 is 2.35 bits per heavy atom. The van der Waals surface area contributed by atoms with Gasteiger partial charge < -0.3 is 10.1 Å². The van der Waals surface area contributed by atoms with Gasteiger partial charge >= 0.3 is 0 Å². The van der Waals surface area contributed by atoms with E-state index in [0.29, 0.717) is 6.04 Å². The van der Waals surface area contributed by atoms with Crippen LogP contribution in [0.5, 0.6) is 0 Å². The predicted molar refractivity (Wildman–Crippen MR) is 73.0 cm³/mol. The Morgan fingerprint density at radius 2 is 1.88 bits per heavy atom. The molecular formula is C15H27NO. The third kappa shape index (κ3) is 4.01. The predicted octanol–water partition coefficient (Wildman–Crippen LogP) is 3.12. The van der Waals surface area contributed by atoms with Gasteiger partial charge in [-0.3, -0.25) is 0 Å². The Labute approximate surface area is 107 Å². The quantitative estimate of drug-likeness (QED) is 0.586. The smallest absolute Gasteiger partial charge is 0.0843 e. The van der Waals surface area contributed by atoms with E-state index in [4.69, 9.17) is 4.74 Å². The average molecular weight is 237 g/mol. The van der Waals surface area contributed by atoms with Crippen molar-refractivity contribution in [3.63, 3.8) is 0 Å². The summed E-state index contributed by atoms with van der Waals surface area (Å²) in [5.41, 5.74) is 0.0177. The molecule has 1 aliphatic carbocycles. The third-order valence-corrected chi connectivity index (χ3v) is 3.85. The first-order valence-electron chi connectivity index (χ1n) is 7.00. The lowest BCUT2D eigenvalue weighted by Gasteiger charge is -2.39. The second-order valence-electron chi connectivity index (χ2n) is 4.88. The van der Waals surface area contributed by atoms with Crippen LogP contribution in [0.25, 0.3) is 0 Å². The van der Waals surface area contributed by atoms with Crippen LogP contribution in [0.4, 0.5) is 0 Å². The molecule has 1 N–H and O–H groups in total. The molecule has 0 saturated heterocycles. The van der Waals surface area contributed by atoms with Gasteiger partial charge in [0.25, 0.3) is 0 Å². The molecule has 17 heavy (non-hydrogen) atoms. The molecule has 98 valence electrons. The maximum absolute atomic E-state index is 6.17. The molecule has 0 aliphatic heterocycles. The summed E-state index contributed by atoms with van der Waals surface area (Å²) in [6.45, 7) is 4.82. The zero-order valence-electron chi connectivity index (χ0n) is 11.6. The summed E-state index contributed by atoms with van der Waals surface area (Å²) in [7, 11) is 2.04. The molecule has 2 nitrogen and oxygen atoms in total. The molecule has 1 aliphatic rings. The minimum absolute atomic E-state index is 0.0177. The summed E-state index contributed by atoms with van der Waals surface area (Å²) in [5.74, 6) is 6.21. The summed E-state index contributed by atoms with van der Waals surface area (Å²) in [5, 5.41) is 3.43. The number of rotatable bonds is 5. The van der Waals surface area contributed by atoms with E-state index in [1.165, 1.54) is 38.5 Å². The molecule has 0 aromatic rings. The Morgan fingerprint density at radius 1 is 1.24 bits per heavy atom. The highest BCUT2D eigenvalue weighted by molar-refractivity contribution is 5.04. The SMILES string of the molecule is CC#CCC(NC)C1(OCC)CCCCCC1. The molecule has 1 saturated carbocycles. The van der Waals surface area contributed by atoms with Crippen LogP contribution in [0, 0.1) is 11.8 Å². The highest BCUT2D eigenvalue weighted by Crippen LogP contribution is 2.34. The van der Waals surface area contributed by atoms with Crippen LogP contribution >= 0.6 is 0 Å². The van der Waals surface area contributed by atoms with Gasteiger partial charge in [0.15, 0.2) is 0 Å². The van der Waals surface area contributed by atoms with Crippen molar-refractivity contribution in [2.24, 2.45) is 0 Å². The van der Waals surface area contributed by atoms with E-state index in [-0.39, 0.29) is 5.60 Å². The summed E-state index contributed by atoms with van der Waals surface area (Å²) in [6.07, 6.45) is 8.54. The first-order chi connectivity index (χ1) is 8.29. The van der Waals surface area contributed by atoms with Crippen molar-refractivity contribution in [1.29, 1.82) is 0 Å². The largest absolute Gasteiger partial charge is 0.374 e. The molecule has 0 aromatic heterocycles. The second kappa shape index (κ2) is 7.74. The lowest BCUT2D eigenvalue weighted by Crippen LogP contribution is -2.51. The standard InChI is InChI=1S/C15H27NO/c1-4-6-11-14(16-3)15(17-5-2)12-9-7-8-10-13-15/h14,16H,5,7-13H2,1-3H3. The maximum atomic E-state index is 6.17. The van der Waals surface area contributed by atoms with E-state index in [9.17, 15) is 0 Å². The van der Waals surface area contributed by atoms with Gasteiger partial charge in [-0.15, -0.1) is 11.8 Å². The van der Waals surface area contributed by atoms with Crippen molar-refractivity contribution < 1.29 is 4.74 Å². The van der Waals surface area contributed by atoms with E-state index in [1.54, 1.807) is 0 Å². The van der Waals surface area contributed by atoms with Crippen LogP contribution in [0.15, 0.2) is 0 Å². The van der Waals surface area contributed by atoms with Gasteiger partial charge in [0.1, 0.15) is 0 Å². The van der Waals surface area contributed by atoms with Gasteiger partial charge in [-0.2, -0.15) is 0 Å². The zero-order valence-corrected chi connectivity index (χ0v) is 11.6. The van der Waals surface area contributed by atoms with E-state index < -0.39 is 0 Å². The van der Waals surface area contributed by atoms with E-state index >= 15 is 0 Å². The Kier molecular flexibility index (Phi) is 6.62. The molecule has 0 bridgehead atoms. The summed E-state index contributed by atoms with van der Waals surface area (Å²) < 4.78 is 6.17. The number of hydrogen-bond acceptors (Lipinski definition) is 2. The highest BCUT2D eigenvalue weighted by Gasteiger charge is 2.38. The van der Waals surface area contributed by atoms with Gasteiger partial charge in [-0.1, -0.05) is 25.7 Å². The molecule has 0 aromatic carbocycles. The van der Waals surface area contributed by atoms with Crippen molar-refractivity contribution in [1.82, 2.24) is 5.32 Å². The second-order valence-corrected chi connectivity index (χ2v) is 4.88. The van der Waals surface area contributed by atoms with Crippen LogP contribution in [-0.2, 0) is 4.74 Å². The minimum atomic E-state index is 0.0177. The van der Waals surface area contributed by atoms with Crippen molar-refractivity contribution in [2.45, 2.75) is 70.4 Å². The van der Waals surface area contributed by atoms with Crippen molar-refractivity contribution >= 4 is 0 Å². The van der Waals surface area contributed by atoms with Gasteiger partial charge in [-0.05, 0) is 33.7 Å². The molecule has 0 heterocycles. The number of hydrogen-bond donors (Lipinski definition) is 1. The first kappa shape index (κ1) is 14.5. The van der Waals surface area contributed by atoms with Crippen molar-refractivity contribution in [3.05, 3.63) is 0 Å². The fraction of sp³-hybridized carbons (Fsp3) is 0.867. The van der Waals surface area contributed by atoms with Crippen molar-refractivity contribution in [2.75, 3.05) is 13.7 Å². The molecule has 0 radical (unpaired) electrons. The Hall–Kier alpha value is -0.520. The lowest BCUT2D eigenvalue weighted by atomic mass is 9.84. The number of ether oxygens (including phenoxy) is 1. The molecule has 0 amide bonds. The average Bonchev–Trinajstić information content (AvgIpc) is 2.57. The fourth-order valence-corrected chi connectivity index (χ4v) is 2.96. The molecule has 1 unspecified atom stereocenters. The summed E-state index contributed by atoms with van der Waals surface area (Å²) in [4.78, 5) is 0. The summed E-state index contributed by atoms with van der Waals surface area (Å²) >= 11 is 0. The molecule has 2 heteroatoms. The molecular weight excluding hydrogens is 210 g/mol. The van der Waals surface area contributed by atoms with Crippen molar-refractivity contribution in [3.8, 4) is 11.8 Å². The van der Waals surface area contributed by atoms with E-state index in [2.05, 4.69) is 24.1 Å². The fourth-order valence-electron chi connectivity index (χ4n) is 2.96. The topological polar surface area (TPSA) is 21.3 Å².